The highest BCUT2D eigenvalue weighted by Crippen LogP contribution is 2.23. The normalized spacial score (nSPS) is 11.3. The van der Waals surface area contributed by atoms with Gasteiger partial charge in [0.1, 0.15) is 0 Å². The molecule has 0 aliphatic rings. The maximum absolute atomic E-state index is 12.2. The molecule has 1 amide bonds. The van der Waals surface area contributed by atoms with Crippen LogP contribution in [0.3, 0.4) is 0 Å². The van der Waals surface area contributed by atoms with Gasteiger partial charge in [-0.15, -0.1) is 11.3 Å². The van der Waals surface area contributed by atoms with Crippen molar-refractivity contribution < 1.29 is 4.79 Å². The lowest BCUT2D eigenvalue weighted by Gasteiger charge is -2.02. The van der Waals surface area contributed by atoms with Crippen molar-refractivity contribution in [1.29, 1.82) is 0 Å². The van der Waals surface area contributed by atoms with Crippen molar-refractivity contribution in [2.45, 2.75) is 17.8 Å². The number of para-hydroxylation sites is 2. The van der Waals surface area contributed by atoms with Gasteiger partial charge in [-0.05, 0) is 48.9 Å². The van der Waals surface area contributed by atoms with Crippen LogP contribution in [0.1, 0.15) is 25.7 Å². The summed E-state index contributed by atoms with van der Waals surface area (Å²) in [5.41, 5.74) is 6.28. The number of carbonyl (C=O) groups is 1. The van der Waals surface area contributed by atoms with E-state index in [9.17, 15) is 4.79 Å². The fourth-order valence-electron chi connectivity index (χ4n) is 2.64. The predicted octanol–water partition coefficient (Wildman–Crippen LogP) is 4.99. The van der Waals surface area contributed by atoms with Gasteiger partial charge in [-0.3, -0.25) is 4.79 Å². The number of amides is 1. The molecule has 2 N–H and O–H groups in total. The molecule has 0 aliphatic heterocycles. The van der Waals surface area contributed by atoms with Crippen LogP contribution in [-0.2, 0) is 5.75 Å². The van der Waals surface area contributed by atoms with Crippen molar-refractivity contribution in [3.05, 3.63) is 81.5 Å². The average molecular weight is 407 g/mol. The lowest BCUT2D eigenvalue weighted by Crippen LogP contribution is -2.17. The molecule has 140 valence electrons. The Morgan fingerprint density at radius 2 is 2.00 bits per heavy atom. The van der Waals surface area contributed by atoms with E-state index in [-0.39, 0.29) is 5.91 Å². The summed E-state index contributed by atoms with van der Waals surface area (Å²) < 4.78 is 0. The van der Waals surface area contributed by atoms with E-state index in [4.69, 9.17) is 0 Å². The second-order valence-corrected chi connectivity index (χ2v) is 8.48. The third-order valence-corrected chi connectivity index (χ3v) is 5.96. The van der Waals surface area contributed by atoms with Crippen LogP contribution in [0.25, 0.3) is 11.0 Å². The number of imidazole rings is 1. The zero-order chi connectivity index (χ0) is 19.3. The number of aromatic nitrogens is 2. The fourth-order valence-corrected chi connectivity index (χ4v) is 4.23. The zero-order valence-electron chi connectivity index (χ0n) is 15.2. The van der Waals surface area contributed by atoms with Gasteiger partial charge in [-0.25, -0.2) is 10.4 Å². The molecule has 4 aromatic rings. The minimum atomic E-state index is -0.221. The number of benzene rings is 2. The van der Waals surface area contributed by atoms with Crippen molar-refractivity contribution in [2.24, 2.45) is 5.10 Å². The van der Waals surface area contributed by atoms with Crippen LogP contribution in [-0.4, -0.2) is 22.1 Å². The number of H-pyrrole nitrogens is 1. The number of hydrazone groups is 1. The molecule has 0 saturated carbocycles. The number of thioether (sulfide) groups is 1. The number of nitrogens with zero attached hydrogens (tertiary/aromatic N) is 2. The summed E-state index contributed by atoms with van der Waals surface area (Å²) in [5, 5.41) is 4.91. The monoisotopic (exact) mass is 406 g/mol. The first-order valence-electron chi connectivity index (χ1n) is 8.74. The number of carbonyl (C=O) groups excluding carboxylic acids is 1. The number of aromatic amines is 1. The lowest BCUT2D eigenvalue weighted by atomic mass is 10.1. The molecule has 0 atom stereocenters. The van der Waals surface area contributed by atoms with Crippen LogP contribution in [0.15, 0.2) is 70.9 Å². The summed E-state index contributed by atoms with van der Waals surface area (Å²) in [6, 6.07) is 19.5. The second kappa shape index (κ2) is 8.41. The Morgan fingerprint density at radius 3 is 2.75 bits per heavy atom. The molecular formula is C21H18N4OS2. The molecule has 2 aromatic heterocycles. The first-order chi connectivity index (χ1) is 13.7. The minimum absolute atomic E-state index is 0.221. The largest absolute Gasteiger partial charge is 0.333 e. The maximum atomic E-state index is 12.2. The van der Waals surface area contributed by atoms with Crippen LogP contribution in [0.4, 0.5) is 0 Å². The Balaban J connectivity index is 1.32. The molecule has 0 aliphatic carbocycles. The van der Waals surface area contributed by atoms with Gasteiger partial charge < -0.3 is 4.98 Å². The first kappa shape index (κ1) is 18.5. The summed E-state index contributed by atoms with van der Waals surface area (Å²) in [4.78, 5) is 22.3. The van der Waals surface area contributed by atoms with Crippen molar-refractivity contribution in [3.8, 4) is 0 Å². The Morgan fingerprint density at radius 1 is 1.18 bits per heavy atom. The first-order valence-corrected chi connectivity index (χ1v) is 10.5. The Labute approximate surface area is 170 Å². The Kier molecular flexibility index (Phi) is 5.55. The molecular weight excluding hydrogens is 388 g/mol. The molecule has 5 nitrogen and oxygen atoms in total. The number of nitrogens with one attached hydrogen (secondary N) is 2. The number of hydrogen-bond donors (Lipinski definition) is 2. The van der Waals surface area contributed by atoms with E-state index >= 15 is 0 Å². The highest BCUT2D eigenvalue weighted by molar-refractivity contribution is 7.98. The standard InChI is InChI=1S/C21H18N4OS2/c1-14-6-11-17(28-14)12-22-25-20(26)16-9-7-15(8-10-16)13-27-21-23-18-4-2-3-5-19(18)24-21/h2-12H,13H2,1H3,(H,23,24)(H,25,26)/b22-12+. The Bertz CT molecular complexity index is 1100. The van der Waals surface area contributed by atoms with Gasteiger partial charge in [-0.2, -0.15) is 5.10 Å². The molecule has 0 saturated heterocycles. The van der Waals surface area contributed by atoms with Crippen molar-refractivity contribution in [2.75, 3.05) is 0 Å². The van der Waals surface area contributed by atoms with Crippen LogP contribution < -0.4 is 5.43 Å². The van der Waals surface area contributed by atoms with Gasteiger partial charge in [0.25, 0.3) is 5.91 Å². The summed E-state index contributed by atoms with van der Waals surface area (Å²) in [5.74, 6) is 0.554. The molecule has 0 spiro atoms. The fraction of sp³-hybridized carbons (Fsp3) is 0.0952. The van der Waals surface area contributed by atoms with Gasteiger partial charge in [0.2, 0.25) is 0 Å². The SMILES string of the molecule is Cc1ccc(/C=N/NC(=O)c2ccc(CSc3nc4ccccc4[nH]3)cc2)s1. The van der Waals surface area contributed by atoms with Gasteiger partial charge in [0.05, 0.1) is 17.2 Å². The number of rotatable bonds is 6. The van der Waals surface area contributed by atoms with E-state index in [0.29, 0.717) is 5.56 Å². The summed E-state index contributed by atoms with van der Waals surface area (Å²) in [6.45, 7) is 2.04. The van der Waals surface area contributed by atoms with Crippen molar-refractivity contribution in [1.82, 2.24) is 15.4 Å². The molecule has 0 unspecified atom stereocenters. The topological polar surface area (TPSA) is 70.1 Å². The van der Waals surface area contributed by atoms with E-state index in [0.717, 1.165) is 32.4 Å². The summed E-state index contributed by atoms with van der Waals surface area (Å²) in [7, 11) is 0. The second-order valence-electron chi connectivity index (χ2n) is 6.19. The number of fused-ring (bicyclic) bond motifs is 1. The van der Waals surface area contributed by atoms with E-state index in [1.165, 1.54) is 4.88 Å². The van der Waals surface area contributed by atoms with E-state index < -0.39 is 0 Å². The van der Waals surface area contributed by atoms with E-state index in [1.807, 2.05) is 67.6 Å². The quantitative estimate of drug-likeness (QED) is 0.269. The lowest BCUT2D eigenvalue weighted by molar-refractivity contribution is 0.0955. The molecule has 7 heteroatoms. The minimum Gasteiger partial charge on any atom is -0.333 e. The molecule has 28 heavy (non-hydrogen) atoms. The maximum Gasteiger partial charge on any atom is 0.271 e. The molecule has 0 fully saturated rings. The molecule has 0 radical (unpaired) electrons. The van der Waals surface area contributed by atoms with Gasteiger partial charge in [0.15, 0.2) is 5.16 Å². The number of hydrogen-bond acceptors (Lipinski definition) is 5. The highest BCUT2D eigenvalue weighted by Gasteiger charge is 2.06. The van der Waals surface area contributed by atoms with Crippen LogP contribution in [0.5, 0.6) is 0 Å². The summed E-state index contributed by atoms with van der Waals surface area (Å²) >= 11 is 3.27. The van der Waals surface area contributed by atoms with Gasteiger partial charge >= 0.3 is 0 Å². The van der Waals surface area contributed by atoms with Crippen molar-refractivity contribution in [3.63, 3.8) is 0 Å². The highest BCUT2D eigenvalue weighted by atomic mass is 32.2. The zero-order valence-corrected chi connectivity index (χ0v) is 16.8. The molecule has 2 heterocycles. The number of thiophene rings is 1. The predicted molar refractivity (Wildman–Crippen MR) is 116 cm³/mol. The molecule has 4 rings (SSSR count). The van der Waals surface area contributed by atoms with Crippen LogP contribution in [0.2, 0.25) is 0 Å². The Hall–Kier alpha value is -2.90. The van der Waals surface area contributed by atoms with E-state index in [2.05, 4.69) is 20.5 Å². The van der Waals surface area contributed by atoms with Crippen molar-refractivity contribution >= 4 is 46.3 Å². The number of aryl methyl sites for hydroxylation is 1. The van der Waals surface area contributed by atoms with Gasteiger partial charge in [0, 0.05) is 21.1 Å². The summed E-state index contributed by atoms with van der Waals surface area (Å²) in [6.07, 6.45) is 1.66. The van der Waals surface area contributed by atoms with Gasteiger partial charge in [-0.1, -0.05) is 36.0 Å². The average Bonchev–Trinajstić information content (AvgIpc) is 3.32. The third kappa shape index (κ3) is 4.49. The third-order valence-electron chi connectivity index (χ3n) is 4.08. The van der Waals surface area contributed by atoms with Crippen LogP contribution >= 0.6 is 23.1 Å². The van der Waals surface area contributed by atoms with Crippen LogP contribution in [0, 0.1) is 6.92 Å². The molecule has 2 aromatic carbocycles. The van der Waals surface area contributed by atoms with E-state index in [1.54, 1.807) is 29.3 Å². The smallest absolute Gasteiger partial charge is 0.271 e. The molecule has 0 bridgehead atoms.